The number of para-hydroxylation sites is 1. The van der Waals surface area contributed by atoms with E-state index >= 15 is 0 Å². The number of H-pyrrole nitrogens is 1. The summed E-state index contributed by atoms with van der Waals surface area (Å²) in [6, 6.07) is 8.11. The van der Waals surface area contributed by atoms with Crippen LogP contribution in [0, 0.1) is 23.2 Å². The minimum atomic E-state index is -0.753. The smallest absolute Gasteiger partial charge is 0.271 e. The fourth-order valence-electron chi connectivity index (χ4n) is 5.92. The van der Waals surface area contributed by atoms with Gasteiger partial charge < -0.3 is 25.3 Å². The Labute approximate surface area is 192 Å². The van der Waals surface area contributed by atoms with Gasteiger partial charge in [0.05, 0.1) is 6.04 Å². The van der Waals surface area contributed by atoms with Crippen LogP contribution in [0.3, 0.4) is 0 Å². The van der Waals surface area contributed by atoms with Gasteiger partial charge in [-0.25, -0.2) is 0 Å². The fourth-order valence-corrected chi connectivity index (χ4v) is 5.92. The maximum Gasteiger partial charge on any atom is 0.271 e. The Morgan fingerprint density at radius 3 is 2.82 bits per heavy atom. The van der Waals surface area contributed by atoms with Gasteiger partial charge in [0.25, 0.3) is 5.91 Å². The first-order valence-corrected chi connectivity index (χ1v) is 11.7. The van der Waals surface area contributed by atoms with Crippen molar-refractivity contribution in [2.45, 2.75) is 45.2 Å². The molecule has 174 valence electrons. The number of nitrogens with one attached hydrogen (secondary N) is 3. The predicted octanol–water partition coefficient (Wildman–Crippen LogP) is 1.86. The molecular formula is C25H30N4O4. The number of piperidine rings is 2. The molecule has 5 atom stereocenters. The topological polar surface area (TPSA) is 111 Å². The third-order valence-corrected chi connectivity index (χ3v) is 7.93. The number of hydrogen-bond donors (Lipinski definition) is 3. The number of aldehydes is 1. The normalized spacial score (nSPS) is 28.7. The van der Waals surface area contributed by atoms with E-state index in [4.69, 9.17) is 0 Å². The zero-order chi connectivity index (χ0) is 23.3. The Hall–Kier alpha value is -3.16. The monoisotopic (exact) mass is 450 g/mol. The van der Waals surface area contributed by atoms with Gasteiger partial charge in [0, 0.05) is 29.9 Å². The summed E-state index contributed by atoms with van der Waals surface area (Å²) >= 11 is 0. The first-order valence-electron chi connectivity index (χ1n) is 11.7. The zero-order valence-corrected chi connectivity index (χ0v) is 19.0. The number of rotatable bonds is 6. The van der Waals surface area contributed by atoms with E-state index in [1.165, 1.54) is 0 Å². The lowest BCUT2D eigenvalue weighted by Crippen LogP contribution is -2.53. The molecule has 5 rings (SSSR count). The highest BCUT2D eigenvalue weighted by molar-refractivity contribution is 6.01. The number of benzene rings is 1. The lowest BCUT2D eigenvalue weighted by atomic mass is 9.91. The van der Waals surface area contributed by atoms with Crippen LogP contribution < -0.4 is 10.6 Å². The maximum absolute atomic E-state index is 13.4. The second-order valence-corrected chi connectivity index (χ2v) is 10.2. The minimum Gasteiger partial charge on any atom is -0.356 e. The summed E-state index contributed by atoms with van der Waals surface area (Å²) in [4.78, 5) is 55.5. The van der Waals surface area contributed by atoms with Gasteiger partial charge in [-0.1, -0.05) is 32.0 Å². The number of amides is 3. The van der Waals surface area contributed by atoms with Crippen molar-refractivity contribution in [1.82, 2.24) is 20.5 Å². The molecule has 3 fully saturated rings. The van der Waals surface area contributed by atoms with Crippen LogP contribution in [0.5, 0.6) is 0 Å². The molecule has 8 heteroatoms. The number of fused-ring (bicyclic) bond motifs is 2. The number of likely N-dealkylation sites (tertiary alicyclic amines) is 1. The molecule has 1 aromatic heterocycles. The van der Waals surface area contributed by atoms with Gasteiger partial charge in [-0.3, -0.25) is 14.4 Å². The molecule has 3 amide bonds. The van der Waals surface area contributed by atoms with E-state index < -0.39 is 12.1 Å². The van der Waals surface area contributed by atoms with Gasteiger partial charge in [0.15, 0.2) is 0 Å². The van der Waals surface area contributed by atoms with E-state index in [-0.39, 0.29) is 47.3 Å². The van der Waals surface area contributed by atoms with Crippen molar-refractivity contribution in [3.63, 3.8) is 0 Å². The summed E-state index contributed by atoms with van der Waals surface area (Å²) in [5, 5.41) is 6.61. The molecule has 8 nitrogen and oxygen atoms in total. The van der Waals surface area contributed by atoms with E-state index in [9.17, 15) is 19.2 Å². The number of aromatic nitrogens is 1. The molecule has 3 N–H and O–H groups in total. The summed E-state index contributed by atoms with van der Waals surface area (Å²) in [6.45, 7) is 5.41. The Morgan fingerprint density at radius 1 is 1.30 bits per heavy atom. The predicted molar refractivity (Wildman–Crippen MR) is 122 cm³/mol. The standard InChI is InChI=1S/C25H30N4O4/c1-25(2)17-12-29(24(33)19-11-14-6-3-4-8-18(14)28-19)21(20(17)25)23(32)27-16(13-30)10-15-7-5-9-26-22(15)31/h3-4,6,8,11,13,15-17,20-21,28H,5,7,9-10,12H2,1-2H3,(H,26,31)(H,27,32)/t15-,16-,17-,20-,21-/m0/s1. The van der Waals surface area contributed by atoms with Crippen LogP contribution >= 0.6 is 0 Å². The van der Waals surface area contributed by atoms with Crippen molar-refractivity contribution in [3.05, 3.63) is 36.0 Å². The van der Waals surface area contributed by atoms with Crippen LogP contribution in [0.1, 0.15) is 43.6 Å². The van der Waals surface area contributed by atoms with E-state index in [1.54, 1.807) is 4.90 Å². The second-order valence-electron chi connectivity index (χ2n) is 10.2. The van der Waals surface area contributed by atoms with Crippen molar-refractivity contribution < 1.29 is 19.2 Å². The van der Waals surface area contributed by atoms with Gasteiger partial charge >= 0.3 is 0 Å². The summed E-state index contributed by atoms with van der Waals surface area (Å²) in [5.41, 5.74) is 1.30. The maximum atomic E-state index is 13.4. The molecule has 33 heavy (non-hydrogen) atoms. The number of nitrogens with zero attached hydrogens (tertiary/aromatic N) is 1. The second kappa shape index (κ2) is 8.01. The van der Waals surface area contributed by atoms with Gasteiger partial charge in [-0.15, -0.1) is 0 Å². The first-order chi connectivity index (χ1) is 15.8. The van der Waals surface area contributed by atoms with Crippen LogP contribution in [-0.4, -0.2) is 59.1 Å². The van der Waals surface area contributed by atoms with Crippen molar-refractivity contribution in [2.75, 3.05) is 13.1 Å². The summed E-state index contributed by atoms with van der Waals surface area (Å²) in [6.07, 6.45) is 2.55. The SMILES string of the molecule is CC1(C)[C@@H]2[C@@H](C(=O)N[C@H](C=O)C[C@@H]3CCCNC3=O)N(C(=O)c3cc4ccccc4[nH]3)C[C@@H]21. The molecule has 2 aromatic rings. The Morgan fingerprint density at radius 2 is 2.09 bits per heavy atom. The van der Waals surface area contributed by atoms with Gasteiger partial charge in [-0.2, -0.15) is 0 Å². The van der Waals surface area contributed by atoms with E-state index in [0.29, 0.717) is 31.5 Å². The molecule has 1 aliphatic carbocycles. The number of aromatic amines is 1. The van der Waals surface area contributed by atoms with Crippen LogP contribution in [0.25, 0.3) is 10.9 Å². The Kier molecular flexibility index (Phi) is 5.26. The number of carbonyl (C=O) groups is 4. The van der Waals surface area contributed by atoms with E-state index in [2.05, 4.69) is 29.5 Å². The zero-order valence-electron chi connectivity index (χ0n) is 19.0. The quantitative estimate of drug-likeness (QED) is 0.584. The van der Waals surface area contributed by atoms with E-state index in [0.717, 1.165) is 17.3 Å². The molecule has 0 radical (unpaired) electrons. The van der Waals surface area contributed by atoms with Crippen LogP contribution in [0.15, 0.2) is 30.3 Å². The van der Waals surface area contributed by atoms with Crippen molar-refractivity contribution >= 4 is 34.9 Å². The van der Waals surface area contributed by atoms with Crippen LogP contribution in [0.2, 0.25) is 0 Å². The average Bonchev–Trinajstić information content (AvgIpc) is 3.19. The van der Waals surface area contributed by atoms with Gasteiger partial charge in [-0.05, 0) is 48.6 Å². The molecule has 0 unspecified atom stereocenters. The fraction of sp³-hybridized carbons (Fsp3) is 0.520. The van der Waals surface area contributed by atoms with Gasteiger partial charge in [0.1, 0.15) is 18.0 Å². The van der Waals surface area contributed by atoms with Crippen molar-refractivity contribution in [1.29, 1.82) is 0 Å². The van der Waals surface area contributed by atoms with Crippen molar-refractivity contribution in [2.24, 2.45) is 23.2 Å². The molecule has 1 saturated carbocycles. The van der Waals surface area contributed by atoms with Crippen LogP contribution in [-0.2, 0) is 14.4 Å². The highest BCUT2D eigenvalue weighted by Gasteiger charge is 2.69. The lowest BCUT2D eigenvalue weighted by Gasteiger charge is -2.31. The average molecular weight is 451 g/mol. The molecule has 0 bridgehead atoms. The van der Waals surface area contributed by atoms with Crippen molar-refractivity contribution in [3.8, 4) is 0 Å². The first kappa shape index (κ1) is 21.7. The molecule has 3 aliphatic rings. The number of hydrogen-bond acceptors (Lipinski definition) is 4. The molecule has 0 spiro atoms. The summed E-state index contributed by atoms with van der Waals surface area (Å²) in [5.74, 6) is -0.569. The molecule has 3 heterocycles. The van der Waals surface area contributed by atoms with Crippen LogP contribution in [0.4, 0.5) is 0 Å². The lowest BCUT2D eigenvalue weighted by molar-refractivity contribution is -0.130. The molecule has 2 saturated heterocycles. The minimum absolute atomic E-state index is 0.0286. The molecular weight excluding hydrogens is 420 g/mol. The van der Waals surface area contributed by atoms with E-state index in [1.807, 2.05) is 30.3 Å². The third-order valence-electron chi connectivity index (χ3n) is 7.93. The highest BCUT2D eigenvalue weighted by Crippen LogP contribution is 2.65. The largest absolute Gasteiger partial charge is 0.356 e. The Balaban J connectivity index is 1.34. The van der Waals surface area contributed by atoms with Gasteiger partial charge in [0.2, 0.25) is 11.8 Å². The Bertz CT molecular complexity index is 1090. The highest BCUT2D eigenvalue weighted by atomic mass is 16.2. The summed E-state index contributed by atoms with van der Waals surface area (Å²) < 4.78 is 0. The summed E-state index contributed by atoms with van der Waals surface area (Å²) in [7, 11) is 0. The molecule has 2 aliphatic heterocycles. The third kappa shape index (κ3) is 3.71. The molecule has 1 aromatic carbocycles. The number of carbonyl (C=O) groups excluding carboxylic acids is 4.